The van der Waals surface area contributed by atoms with Crippen LogP contribution in [0.1, 0.15) is 76.9 Å². The van der Waals surface area contributed by atoms with Crippen molar-refractivity contribution in [2.24, 2.45) is 18.9 Å². The summed E-state index contributed by atoms with van der Waals surface area (Å²) < 4.78 is 8.94. The predicted octanol–water partition coefficient (Wildman–Crippen LogP) is 4.58. The van der Waals surface area contributed by atoms with Crippen LogP contribution in [0.2, 0.25) is 5.02 Å². The van der Waals surface area contributed by atoms with E-state index in [1.165, 1.54) is 11.6 Å². The van der Waals surface area contributed by atoms with E-state index in [-0.39, 0.29) is 53.5 Å². The van der Waals surface area contributed by atoms with Gasteiger partial charge in [-0.2, -0.15) is 10.1 Å². The molecule has 0 spiro atoms. The third kappa shape index (κ3) is 8.32. The minimum absolute atomic E-state index is 0.0440. The molecule has 17 nitrogen and oxygen atoms in total. The van der Waals surface area contributed by atoms with Crippen LogP contribution >= 0.6 is 11.6 Å². The van der Waals surface area contributed by atoms with E-state index in [1.54, 1.807) is 18.5 Å². The van der Waals surface area contributed by atoms with Gasteiger partial charge >= 0.3 is 0 Å². The number of carbonyl (C=O) groups excluding carboxylic acids is 3. The molecule has 0 saturated carbocycles. The van der Waals surface area contributed by atoms with Gasteiger partial charge in [0, 0.05) is 69.2 Å². The Kier molecular flexibility index (Phi) is 11.6. The van der Waals surface area contributed by atoms with Crippen molar-refractivity contribution in [2.45, 2.75) is 76.9 Å². The predicted molar refractivity (Wildman–Crippen MR) is 233 cm³/mol. The highest BCUT2D eigenvalue weighted by atomic mass is 35.5. The van der Waals surface area contributed by atoms with Crippen molar-refractivity contribution < 1.29 is 24.2 Å². The van der Waals surface area contributed by atoms with E-state index in [9.17, 15) is 24.3 Å². The molecule has 2 atom stereocenters. The van der Waals surface area contributed by atoms with E-state index in [1.807, 2.05) is 44.6 Å². The molecule has 322 valence electrons. The number of pyridine rings is 2. The number of aryl methyl sites for hydroxylation is 1. The maximum Gasteiger partial charge on any atom is 0.294 e. The Bertz CT molecular complexity index is 2560. The van der Waals surface area contributed by atoms with Crippen LogP contribution in [0.5, 0.6) is 5.75 Å². The number of benzene rings is 1. The quantitative estimate of drug-likeness (QED) is 0.135. The van der Waals surface area contributed by atoms with Crippen molar-refractivity contribution in [1.82, 2.24) is 39.9 Å². The van der Waals surface area contributed by atoms with E-state index in [4.69, 9.17) is 26.4 Å². The summed E-state index contributed by atoms with van der Waals surface area (Å²) in [5, 5.41) is 26.9. The van der Waals surface area contributed by atoms with Crippen molar-refractivity contribution >= 4 is 74.4 Å². The van der Waals surface area contributed by atoms with Crippen LogP contribution in [0.25, 0.3) is 21.9 Å². The van der Waals surface area contributed by atoms with Crippen molar-refractivity contribution in [1.29, 1.82) is 0 Å². The van der Waals surface area contributed by atoms with Crippen LogP contribution in [0.3, 0.4) is 0 Å². The number of anilines is 4. The zero-order chi connectivity index (χ0) is 43.2. The largest absolute Gasteiger partial charge is 0.478 e. The third-order valence-corrected chi connectivity index (χ3v) is 13.0. The van der Waals surface area contributed by atoms with Crippen molar-refractivity contribution in [3.63, 3.8) is 0 Å². The van der Waals surface area contributed by atoms with Gasteiger partial charge < -0.3 is 30.3 Å². The lowest BCUT2D eigenvalue weighted by Gasteiger charge is -2.46. The molecule has 3 aliphatic heterocycles. The number of imide groups is 1. The van der Waals surface area contributed by atoms with Crippen LogP contribution in [-0.4, -0.2) is 97.6 Å². The standard InChI is InChI=1S/C43H52ClN11O6/c1-24(2)55-39-25(19-34(41(55)59)61-23-36(57)45-4)18-28(21-46-39)48-38-32(44)22-47-42(50-38)54-16-12-27(13-17-54)43(3,60)26-10-14-53(15-11-26)29-6-7-30-33(20-29)52(5)51-37(30)31-8-9-35(56)49-40(31)58/h6-7,18-22,24,26-27,31,60H,8-17,23H2,1-5H3,(H,45,57)(H,47,48,50)(H,49,56,58). The van der Waals surface area contributed by atoms with Crippen LogP contribution in [-0.2, 0) is 21.4 Å². The molecule has 61 heavy (non-hydrogen) atoms. The average molecular weight is 854 g/mol. The molecule has 8 rings (SSSR count). The summed E-state index contributed by atoms with van der Waals surface area (Å²) in [6.45, 7) is 8.45. The fourth-order valence-electron chi connectivity index (χ4n) is 9.20. The summed E-state index contributed by atoms with van der Waals surface area (Å²) in [4.78, 5) is 67.8. The SMILES string of the molecule is CNC(=O)COc1cc2cc(Nc3nc(N4CCC(C(C)(O)C5CCN(c6ccc7c(C8CCC(=O)NC8=O)nn(C)c7c6)CC5)CC4)ncc3Cl)cnc2n(C(C)C)c1=O. The van der Waals surface area contributed by atoms with Gasteiger partial charge in [0.15, 0.2) is 18.2 Å². The number of ether oxygens (including phenoxy) is 1. The molecule has 3 saturated heterocycles. The van der Waals surface area contributed by atoms with Gasteiger partial charge in [0.05, 0.1) is 40.8 Å². The molecule has 0 radical (unpaired) electrons. The maximum absolute atomic E-state index is 13.2. The molecule has 4 aromatic heterocycles. The summed E-state index contributed by atoms with van der Waals surface area (Å²) in [6.07, 6.45) is 7.23. The summed E-state index contributed by atoms with van der Waals surface area (Å²) >= 11 is 6.60. The van der Waals surface area contributed by atoms with Gasteiger partial charge in [-0.3, -0.25) is 33.7 Å². The summed E-state index contributed by atoms with van der Waals surface area (Å²) in [5.74, 6) is -0.0984. The Balaban J connectivity index is 0.894. The van der Waals surface area contributed by atoms with Gasteiger partial charge in [-0.05, 0) is 95.0 Å². The highest BCUT2D eigenvalue weighted by Crippen LogP contribution is 2.41. The number of aliphatic hydroxyl groups is 1. The first-order valence-corrected chi connectivity index (χ1v) is 21.3. The van der Waals surface area contributed by atoms with Crippen molar-refractivity contribution in [2.75, 3.05) is 55.0 Å². The van der Waals surface area contributed by atoms with Gasteiger partial charge in [0.1, 0.15) is 10.7 Å². The number of rotatable bonds is 11. The van der Waals surface area contributed by atoms with Crippen LogP contribution in [0, 0.1) is 11.8 Å². The number of fused-ring (bicyclic) bond motifs is 2. The third-order valence-electron chi connectivity index (χ3n) is 12.7. The van der Waals surface area contributed by atoms with Gasteiger partial charge in [-0.25, -0.2) is 9.97 Å². The second-order valence-electron chi connectivity index (χ2n) is 16.8. The van der Waals surface area contributed by atoms with Crippen LogP contribution in [0.4, 0.5) is 23.1 Å². The molecule has 3 amide bonds. The zero-order valence-electron chi connectivity index (χ0n) is 35.1. The summed E-state index contributed by atoms with van der Waals surface area (Å²) in [6, 6.07) is 9.44. The monoisotopic (exact) mass is 853 g/mol. The fourth-order valence-corrected chi connectivity index (χ4v) is 9.34. The van der Waals surface area contributed by atoms with Gasteiger partial charge in [0.25, 0.3) is 11.5 Å². The Morgan fingerprint density at radius 2 is 1.70 bits per heavy atom. The smallest absolute Gasteiger partial charge is 0.294 e. The molecule has 2 unspecified atom stereocenters. The highest BCUT2D eigenvalue weighted by molar-refractivity contribution is 6.33. The molecule has 4 N–H and O–H groups in total. The number of carbonyl (C=O) groups is 3. The Labute approximate surface area is 357 Å². The topological polar surface area (TPSA) is 202 Å². The van der Waals surface area contributed by atoms with Gasteiger partial charge in [-0.15, -0.1) is 0 Å². The molecular formula is C43H52ClN11O6. The van der Waals surface area contributed by atoms with Crippen molar-refractivity contribution in [3.05, 3.63) is 63.8 Å². The number of likely N-dealkylation sites (N-methyl/N-ethyl adjacent to an activating group) is 1. The van der Waals surface area contributed by atoms with Crippen molar-refractivity contribution in [3.8, 4) is 5.75 Å². The lowest BCUT2D eigenvalue weighted by Crippen LogP contribution is -2.51. The number of hydrogen-bond donors (Lipinski definition) is 4. The highest BCUT2D eigenvalue weighted by Gasteiger charge is 2.42. The lowest BCUT2D eigenvalue weighted by atomic mass is 9.70. The second kappa shape index (κ2) is 16.9. The number of halogens is 1. The molecular weight excluding hydrogens is 802 g/mol. The fraction of sp³-hybridized carbons (Fsp3) is 0.488. The number of aromatic nitrogens is 6. The Hall–Kier alpha value is -5.81. The lowest BCUT2D eigenvalue weighted by molar-refractivity contribution is -0.134. The van der Waals surface area contributed by atoms with Crippen LogP contribution < -0.4 is 36.0 Å². The van der Waals surface area contributed by atoms with E-state index >= 15 is 0 Å². The van der Waals surface area contributed by atoms with Gasteiger partial charge in [-0.1, -0.05) is 11.6 Å². The zero-order valence-corrected chi connectivity index (χ0v) is 35.8. The molecule has 3 aliphatic rings. The normalized spacial score (nSPS) is 19.0. The molecule has 3 fully saturated rings. The number of nitrogens with one attached hydrogen (secondary N) is 3. The van der Waals surface area contributed by atoms with Gasteiger partial charge in [0.2, 0.25) is 17.8 Å². The minimum atomic E-state index is -0.842. The molecule has 0 bridgehead atoms. The average Bonchev–Trinajstić information content (AvgIpc) is 3.58. The number of amides is 3. The van der Waals surface area contributed by atoms with E-state index in [0.29, 0.717) is 65.1 Å². The molecule has 18 heteroatoms. The minimum Gasteiger partial charge on any atom is -0.478 e. The number of hydrogen-bond acceptors (Lipinski definition) is 13. The van der Waals surface area contributed by atoms with E-state index in [2.05, 4.69) is 47.9 Å². The van der Waals surface area contributed by atoms with E-state index < -0.39 is 11.5 Å². The molecule has 0 aliphatic carbocycles. The first kappa shape index (κ1) is 41.9. The van der Waals surface area contributed by atoms with Crippen LogP contribution in [0.15, 0.2) is 47.5 Å². The number of nitrogens with zero attached hydrogens (tertiary/aromatic N) is 8. The molecule has 5 aromatic rings. The Morgan fingerprint density at radius 3 is 2.38 bits per heavy atom. The number of piperidine rings is 3. The summed E-state index contributed by atoms with van der Waals surface area (Å²) in [5.41, 5.74) is 2.57. The maximum atomic E-state index is 13.2. The first-order chi connectivity index (χ1) is 29.2. The first-order valence-electron chi connectivity index (χ1n) is 20.9. The molecule has 1 aromatic carbocycles. The molecule has 7 heterocycles. The Morgan fingerprint density at radius 1 is 1.00 bits per heavy atom. The summed E-state index contributed by atoms with van der Waals surface area (Å²) in [7, 11) is 3.38. The second-order valence-corrected chi connectivity index (χ2v) is 17.2. The van der Waals surface area contributed by atoms with E-state index in [0.717, 1.165) is 55.4 Å².